The van der Waals surface area contributed by atoms with Crippen LogP contribution in [0.25, 0.3) is 0 Å². The first kappa shape index (κ1) is 25.6. The summed E-state index contributed by atoms with van der Waals surface area (Å²) in [5.74, 6) is 1.16. The quantitative estimate of drug-likeness (QED) is 0.490. The molecular weight excluding hydrogens is 516 g/mol. The standard InChI is InChI=1S/C28H30N6O4S/c1-17-13-20(38-19-5-3-2-4-6-19)7-8-21(17)34-22-9-10-30-27-23(22)24(32-28(34)36)25(39-27)26(35)31-18-14-33(16-29)11-12-37-15-18/h2-8,13,18,22-23,27,30H,9-12,14-15H2,1H3,(H,31,35)(H,32,36). The number of anilines is 1. The Hall–Kier alpha value is -3.72. The molecule has 2 aromatic rings. The number of nitrogens with one attached hydrogen (secondary N) is 3. The van der Waals surface area contributed by atoms with Gasteiger partial charge in [-0.15, -0.1) is 0 Å². The van der Waals surface area contributed by atoms with Gasteiger partial charge in [0.2, 0.25) is 0 Å². The van der Waals surface area contributed by atoms with Crippen molar-refractivity contribution >= 4 is 29.4 Å². The second kappa shape index (κ2) is 10.8. The molecule has 4 aliphatic rings. The summed E-state index contributed by atoms with van der Waals surface area (Å²) in [6, 6.07) is 14.7. The first-order valence-electron chi connectivity index (χ1n) is 13.1. The highest BCUT2D eigenvalue weighted by molar-refractivity contribution is 8.04. The van der Waals surface area contributed by atoms with Crippen LogP contribution < -0.4 is 25.6 Å². The van der Waals surface area contributed by atoms with Gasteiger partial charge in [0.1, 0.15) is 11.5 Å². The highest BCUT2D eigenvalue weighted by Crippen LogP contribution is 2.48. The molecule has 0 bridgehead atoms. The van der Waals surface area contributed by atoms with E-state index in [2.05, 4.69) is 22.1 Å². The second-order valence-corrected chi connectivity index (χ2v) is 11.2. The zero-order chi connectivity index (χ0) is 26.9. The maximum Gasteiger partial charge on any atom is 0.326 e. The SMILES string of the molecule is Cc1cc(Oc2ccccc2)ccc1N1C(=O)NC2=C(C(=O)NC3COCCN(C#N)C3)SC3NCCC1C23. The van der Waals surface area contributed by atoms with E-state index in [9.17, 15) is 14.9 Å². The summed E-state index contributed by atoms with van der Waals surface area (Å²) in [4.78, 5) is 30.9. The number of amides is 3. The zero-order valence-electron chi connectivity index (χ0n) is 21.6. The highest BCUT2D eigenvalue weighted by Gasteiger charge is 2.52. The number of nitriles is 1. The average molecular weight is 547 g/mol. The van der Waals surface area contributed by atoms with Crippen LogP contribution in [0.5, 0.6) is 11.5 Å². The van der Waals surface area contributed by atoms with E-state index in [0.717, 1.165) is 30.0 Å². The molecule has 39 heavy (non-hydrogen) atoms. The lowest BCUT2D eigenvalue weighted by molar-refractivity contribution is -0.117. The molecule has 4 unspecified atom stereocenters. The lowest BCUT2D eigenvalue weighted by Gasteiger charge is -2.46. The van der Waals surface area contributed by atoms with Crippen LogP contribution in [0, 0.1) is 24.3 Å². The molecule has 4 atom stereocenters. The number of piperidine rings is 1. The number of thioether (sulfide) groups is 1. The molecule has 0 spiro atoms. The fourth-order valence-electron chi connectivity index (χ4n) is 5.73. The maximum absolute atomic E-state index is 13.6. The molecule has 4 heterocycles. The van der Waals surface area contributed by atoms with Crippen LogP contribution in [-0.2, 0) is 9.53 Å². The van der Waals surface area contributed by atoms with Gasteiger partial charge in [-0.1, -0.05) is 30.0 Å². The minimum atomic E-state index is -0.310. The van der Waals surface area contributed by atoms with Crippen LogP contribution >= 0.6 is 11.8 Å². The van der Waals surface area contributed by atoms with Gasteiger partial charge in [-0.2, -0.15) is 5.26 Å². The Balaban J connectivity index is 1.23. The van der Waals surface area contributed by atoms with E-state index in [1.165, 1.54) is 11.8 Å². The number of hydrogen-bond acceptors (Lipinski definition) is 8. The van der Waals surface area contributed by atoms with E-state index in [-0.39, 0.29) is 35.3 Å². The van der Waals surface area contributed by atoms with Crippen molar-refractivity contribution in [1.82, 2.24) is 20.9 Å². The largest absolute Gasteiger partial charge is 0.457 e. The fraction of sp³-hybridized carbons (Fsp3) is 0.393. The number of aryl methyl sites for hydroxylation is 1. The molecule has 6 rings (SSSR count). The minimum absolute atomic E-state index is 0.0235. The normalized spacial score (nSPS) is 26.3. The molecule has 4 aliphatic heterocycles. The molecule has 11 heteroatoms. The Morgan fingerprint density at radius 2 is 2.08 bits per heavy atom. The molecule has 2 aromatic carbocycles. The van der Waals surface area contributed by atoms with Gasteiger partial charge >= 0.3 is 6.03 Å². The van der Waals surface area contributed by atoms with Crippen molar-refractivity contribution in [2.75, 3.05) is 37.7 Å². The van der Waals surface area contributed by atoms with Gasteiger partial charge in [0.05, 0.1) is 48.7 Å². The minimum Gasteiger partial charge on any atom is -0.457 e. The third kappa shape index (κ3) is 5.03. The van der Waals surface area contributed by atoms with Crippen LogP contribution in [0.2, 0.25) is 0 Å². The van der Waals surface area contributed by atoms with E-state index >= 15 is 0 Å². The van der Waals surface area contributed by atoms with Crippen molar-refractivity contribution < 1.29 is 19.1 Å². The first-order chi connectivity index (χ1) is 19.0. The number of carbonyl (C=O) groups excluding carboxylic acids is 2. The van der Waals surface area contributed by atoms with Crippen molar-refractivity contribution in [2.24, 2.45) is 5.92 Å². The van der Waals surface area contributed by atoms with Crippen LogP contribution in [0.4, 0.5) is 10.5 Å². The molecule has 3 amide bonds. The molecule has 0 saturated carbocycles. The molecular formula is C28H30N6O4S. The van der Waals surface area contributed by atoms with Gasteiger partial charge in [-0.25, -0.2) is 4.79 Å². The van der Waals surface area contributed by atoms with Crippen LogP contribution in [0.1, 0.15) is 12.0 Å². The van der Waals surface area contributed by atoms with Crippen molar-refractivity contribution in [3.05, 3.63) is 64.7 Å². The topological polar surface area (TPSA) is 119 Å². The van der Waals surface area contributed by atoms with Crippen LogP contribution in [0.15, 0.2) is 59.1 Å². The summed E-state index contributed by atoms with van der Waals surface area (Å²) in [6.07, 6.45) is 2.91. The van der Waals surface area contributed by atoms with Gasteiger partial charge in [-0.05, 0) is 55.8 Å². The van der Waals surface area contributed by atoms with E-state index in [4.69, 9.17) is 9.47 Å². The Morgan fingerprint density at radius 3 is 2.87 bits per heavy atom. The lowest BCUT2D eigenvalue weighted by Crippen LogP contribution is -2.62. The van der Waals surface area contributed by atoms with Crippen molar-refractivity contribution in [2.45, 2.75) is 30.8 Å². The van der Waals surface area contributed by atoms with Gasteiger partial charge < -0.3 is 30.3 Å². The molecule has 202 valence electrons. The number of rotatable bonds is 5. The monoisotopic (exact) mass is 546 g/mol. The molecule has 3 fully saturated rings. The number of hydrogen-bond donors (Lipinski definition) is 3. The zero-order valence-corrected chi connectivity index (χ0v) is 22.4. The number of nitrogens with zero attached hydrogens (tertiary/aromatic N) is 3. The molecule has 3 N–H and O–H groups in total. The highest BCUT2D eigenvalue weighted by atomic mass is 32.2. The van der Waals surface area contributed by atoms with E-state index in [1.807, 2.05) is 60.4 Å². The summed E-state index contributed by atoms with van der Waals surface area (Å²) in [5.41, 5.74) is 2.43. The lowest BCUT2D eigenvalue weighted by atomic mass is 9.86. The predicted molar refractivity (Wildman–Crippen MR) is 147 cm³/mol. The number of benzene rings is 2. The Bertz CT molecular complexity index is 1350. The summed E-state index contributed by atoms with van der Waals surface area (Å²) >= 11 is 1.46. The Labute approximate surface area is 231 Å². The third-order valence-electron chi connectivity index (χ3n) is 7.50. The smallest absolute Gasteiger partial charge is 0.326 e. The van der Waals surface area contributed by atoms with Crippen molar-refractivity contribution in [1.29, 1.82) is 5.26 Å². The van der Waals surface area contributed by atoms with E-state index < -0.39 is 0 Å². The fourth-order valence-corrected chi connectivity index (χ4v) is 7.13. The summed E-state index contributed by atoms with van der Waals surface area (Å²) in [6.45, 7) is 4.41. The van der Waals surface area contributed by atoms with Gasteiger partial charge in [-0.3, -0.25) is 9.69 Å². The number of para-hydroxylation sites is 1. The second-order valence-electron chi connectivity index (χ2n) is 10.1. The summed E-state index contributed by atoms with van der Waals surface area (Å²) in [5, 5.41) is 18.9. The molecule has 0 radical (unpaired) electrons. The van der Waals surface area contributed by atoms with Crippen LogP contribution in [-0.4, -0.2) is 67.1 Å². The maximum atomic E-state index is 13.6. The molecule has 3 saturated heterocycles. The number of urea groups is 1. The van der Waals surface area contributed by atoms with E-state index in [0.29, 0.717) is 42.7 Å². The number of carbonyl (C=O) groups is 2. The Kier molecular flexibility index (Phi) is 7.08. The predicted octanol–water partition coefficient (Wildman–Crippen LogP) is 2.88. The summed E-state index contributed by atoms with van der Waals surface area (Å²) < 4.78 is 11.6. The molecule has 0 aliphatic carbocycles. The van der Waals surface area contributed by atoms with Gasteiger partial charge in [0.15, 0.2) is 6.19 Å². The van der Waals surface area contributed by atoms with E-state index in [1.54, 1.807) is 4.90 Å². The van der Waals surface area contributed by atoms with Gasteiger partial charge in [0.25, 0.3) is 5.91 Å². The Morgan fingerprint density at radius 1 is 1.23 bits per heavy atom. The third-order valence-corrected chi connectivity index (χ3v) is 8.85. The average Bonchev–Trinajstić information content (AvgIpc) is 3.15. The van der Waals surface area contributed by atoms with Crippen molar-refractivity contribution in [3.63, 3.8) is 0 Å². The summed E-state index contributed by atoms with van der Waals surface area (Å²) in [7, 11) is 0. The van der Waals surface area contributed by atoms with Gasteiger partial charge in [0, 0.05) is 17.3 Å². The van der Waals surface area contributed by atoms with Crippen LogP contribution in [0.3, 0.4) is 0 Å². The molecule has 10 nitrogen and oxygen atoms in total. The number of ether oxygens (including phenoxy) is 2. The molecule has 0 aromatic heterocycles. The van der Waals surface area contributed by atoms with Crippen molar-refractivity contribution in [3.8, 4) is 17.7 Å². The first-order valence-corrected chi connectivity index (χ1v) is 14.0.